The first kappa shape index (κ1) is 15.0. The van der Waals surface area contributed by atoms with Crippen molar-refractivity contribution in [3.05, 3.63) is 64.4 Å². The molecule has 2 rings (SSSR count). The lowest BCUT2D eigenvalue weighted by molar-refractivity contribution is 0.199. The second kappa shape index (κ2) is 6.86. The molecular formula is C16H17BrFNO. The van der Waals surface area contributed by atoms with Crippen LogP contribution >= 0.6 is 15.9 Å². The van der Waals surface area contributed by atoms with Gasteiger partial charge in [0.2, 0.25) is 0 Å². The predicted octanol–water partition coefficient (Wildman–Crippen LogP) is 3.98. The highest BCUT2D eigenvalue weighted by Gasteiger charge is 2.11. The molecule has 1 N–H and O–H groups in total. The van der Waals surface area contributed by atoms with E-state index in [9.17, 15) is 9.50 Å². The van der Waals surface area contributed by atoms with Gasteiger partial charge in [-0.05, 0) is 52.7 Å². The van der Waals surface area contributed by atoms with Crippen LogP contribution in [0.2, 0.25) is 0 Å². The van der Waals surface area contributed by atoms with E-state index in [-0.39, 0.29) is 5.82 Å². The largest absolute Gasteiger partial charge is 0.392 e. The maximum atomic E-state index is 13.3. The summed E-state index contributed by atoms with van der Waals surface area (Å²) >= 11 is 3.20. The lowest BCUT2D eigenvalue weighted by Gasteiger charge is -2.26. The van der Waals surface area contributed by atoms with Crippen molar-refractivity contribution in [1.29, 1.82) is 0 Å². The molecule has 0 spiro atoms. The van der Waals surface area contributed by atoms with Gasteiger partial charge >= 0.3 is 0 Å². The van der Waals surface area contributed by atoms with Gasteiger partial charge in [-0.2, -0.15) is 0 Å². The molecule has 0 heterocycles. The van der Waals surface area contributed by atoms with Gasteiger partial charge in [0.15, 0.2) is 0 Å². The van der Waals surface area contributed by atoms with Crippen LogP contribution in [0.25, 0.3) is 0 Å². The number of anilines is 1. The van der Waals surface area contributed by atoms with Crippen LogP contribution in [0.4, 0.5) is 10.1 Å². The van der Waals surface area contributed by atoms with Gasteiger partial charge in [0, 0.05) is 18.8 Å². The Balaban J connectivity index is 2.21. The summed E-state index contributed by atoms with van der Waals surface area (Å²) in [5.74, 6) is -0.268. The number of aliphatic hydroxyl groups excluding tert-OH is 1. The zero-order valence-electron chi connectivity index (χ0n) is 11.3. The minimum absolute atomic E-state index is 0.268. The molecule has 0 fully saturated rings. The molecule has 2 aromatic rings. The van der Waals surface area contributed by atoms with E-state index < -0.39 is 6.10 Å². The van der Waals surface area contributed by atoms with Gasteiger partial charge in [0.1, 0.15) is 5.82 Å². The molecule has 1 unspecified atom stereocenters. The molecule has 0 saturated heterocycles. The quantitative estimate of drug-likeness (QED) is 0.892. The molecule has 20 heavy (non-hydrogen) atoms. The molecule has 0 aliphatic carbocycles. The van der Waals surface area contributed by atoms with Crippen molar-refractivity contribution in [3.63, 3.8) is 0 Å². The number of halogens is 2. The van der Waals surface area contributed by atoms with Crippen LogP contribution in [0.15, 0.2) is 53.0 Å². The summed E-state index contributed by atoms with van der Waals surface area (Å²) in [5.41, 5.74) is 2.02. The van der Waals surface area contributed by atoms with Crippen molar-refractivity contribution in [2.24, 2.45) is 0 Å². The molecule has 106 valence electrons. The second-order valence-corrected chi connectivity index (χ2v) is 5.67. The Morgan fingerprint density at radius 2 is 1.90 bits per heavy atom. The number of aliphatic hydroxyl groups is 1. The number of hydrogen-bond donors (Lipinski definition) is 1. The molecule has 2 aromatic carbocycles. The minimum atomic E-state index is -0.431. The SMILES string of the molecule is CC(O)CN(Cc1ccc(F)c(Br)c1)c1ccccc1. The van der Waals surface area contributed by atoms with Crippen molar-refractivity contribution in [1.82, 2.24) is 0 Å². The number of nitrogens with zero attached hydrogens (tertiary/aromatic N) is 1. The highest BCUT2D eigenvalue weighted by Crippen LogP contribution is 2.21. The van der Waals surface area contributed by atoms with Crippen LogP contribution in [0.1, 0.15) is 12.5 Å². The standard InChI is InChI=1S/C16H17BrFNO/c1-12(20)10-19(14-5-3-2-4-6-14)11-13-7-8-16(18)15(17)9-13/h2-9,12,20H,10-11H2,1H3. The lowest BCUT2D eigenvalue weighted by Crippen LogP contribution is -2.30. The van der Waals surface area contributed by atoms with E-state index in [0.717, 1.165) is 11.3 Å². The first-order valence-corrected chi connectivity index (χ1v) is 7.27. The van der Waals surface area contributed by atoms with E-state index in [1.54, 1.807) is 19.1 Å². The first-order valence-electron chi connectivity index (χ1n) is 6.48. The number of benzene rings is 2. The maximum Gasteiger partial charge on any atom is 0.137 e. The van der Waals surface area contributed by atoms with Crippen molar-refractivity contribution < 1.29 is 9.50 Å². The van der Waals surface area contributed by atoms with Gasteiger partial charge in [-0.1, -0.05) is 24.3 Å². The molecular weight excluding hydrogens is 321 g/mol. The van der Waals surface area contributed by atoms with Crippen LogP contribution in [-0.4, -0.2) is 17.8 Å². The topological polar surface area (TPSA) is 23.5 Å². The summed E-state index contributed by atoms with van der Waals surface area (Å²) in [6.45, 7) is 2.91. The Kier molecular flexibility index (Phi) is 5.15. The fourth-order valence-corrected chi connectivity index (χ4v) is 2.50. The van der Waals surface area contributed by atoms with E-state index in [2.05, 4.69) is 20.8 Å². The van der Waals surface area contributed by atoms with Crippen molar-refractivity contribution in [2.45, 2.75) is 19.6 Å². The molecule has 0 bridgehead atoms. The Bertz CT molecular complexity index is 560. The van der Waals surface area contributed by atoms with Crippen molar-refractivity contribution in [3.8, 4) is 0 Å². The number of hydrogen-bond acceptors (Lipinski definition) is 2. The third-order valence-electron chi connectivity index (χ3n) is 2.96. The van der Waals surface area contributed by atoms with E-state index in [1.807, 2.05) is 30.3 Å². The zero-order valence-corrected chi connectivity index (χ0v) is 12.8. The monoisotopic (exact) mass is 337 g/mol. The summed E-state index contributed by atoms with van der Waals surface area (Å²) in [6.07, 6.45) is -0.431. The summed E-state index contributed by atoms with van der Waals surface area (Å²) in [7, 11) is 0. The van der Waals surface area contributed by atoms with Gasteiger partial charge in [0.05, 0.1) is 10.6 Å². The zero-order chi connectivity index (χ0) is 14.5. The van der Waals surface area contributed by atoms with Gasteiger partial charge in [-0.15, -0.1) is 0 Å². The number of para-hydroxylation sites is 1. The Hall–Kier alpha value is -1.39. The summed E-state index contributed by atoms with van der Waals surface area (Å²) in [4.78, 5) is 2.07. The molecule has 0 amide bonds. The van der Waals surface area contributed by atoms with E-state index in [4.69, 9.17) is 0 Å². The van der Waals surface area contributed by atoms with Gasteiger partial charge in [-0.25, -0.2) is 4.39 Å². The van der Waals surface area contributed by atoms with E-state index in [1.165, 1.54) is 6.07 Å². The molecule has 2 nitrogen and oxygen atoms in total. The summed E-state index contributed by atoms with van der Waals surface area (Å²) < 4.78 is 13.7. The molecule has 4 heteroatoms. The Labute approximate surface area is 127 Å². The van der Waals surface area contributed by atoms with Crippen LogP contribution in [0.5, 0.6) is 0 Å². The average Bonchev–Trinajstić information content (AvgIpc) is 2.43. The summed E-state index contributed by atoms with van der Waals surface area (Å²) in [5, 5.41) is 9.65. The smallest absolute Gasteiger partial charge is 0.137 e. The lowest BCUT2D eigenvalue weighted by atomic mass is 10.1. The molecule has 0 aromatic heterocycles. The summed E-state index contributed by atoms with van der Waals surface area (Å²) in [6, 6.07) is 14.9. The van der Waals surface area contributed by atoms with Crippen LogP contribution in [0, 0.1) is 5.82 Å². The first-order chi connectivity index (χ1) is 9.56. The predicted molar refractivity (Wildman–Crippen MR) is 83.3 cm³/mol. The molecule has 0 saturated carbocycles. The Morgan fingerprint density at radius 1 is 1.20 bits per heavy atom. The van der Waals surface area contributed by atoms with Crippen LogP contribution in [-0.2, 0) is 6.54 Å². The fraction of sp³-hybridized carbons (Fsp3) is 0.250. The molecule has 0 radical (unpaired) electrons. The molecule has 0 aliphatic rings. The molecule has 1 atom stereocenters. The van der Waals surface area contributed by atoms with E-state index >= 15 is 0 Å². The van der Waals surface area contributed by atoms with Gasteiger partial charge < -0.3 is 10.0 Å². The maximum absolute atomic E-state index is 13.3. The second-order valence-electron chi connectivity index (χ2n) is 4.81. The van der Waals surface area contributed by atoms with Gasteiger partial charge in [-0.3, -0.25) is 0 Å². The fourth-order valence-electron chi connectivity index (χ4n) is 2.08. The third kappa shape index (κ3) is 4.05. The van der Waals surface area contributed by atoms with Crippen LogP contribution < -0.4 is 4.90 Å². The third-order valence-corrected chi connectivity index (χ3v) is 3.57. The average molecular weight is 338 g/mol. The normalized spacial score (nSPS) is 12.2. The van der Waals surface area contributed by atoms with Crippen molar-refractivity contribution >= 4 is 21.6 Å². The van der Waals surface area contributed by atoms with Crippen LogP contribution in [0.3, 0.4) is 0 Å². The highest BCUT2D eigenvalue weighted by molar-refractivity contribution is 9.10. The van der Waals surface area contributed by atoms with Gasteiger partial charge in [0.25, 0.3) is 0 Å². The minimum Gasteiger partial charge on any atom is -0.392 e. The highest BCUT2D eigenvalue weighted by atomic mass is 79.9. The van der Waals surface area contributed by atoms with E-state index in [0.29, 0.717) is 17.6 Å². The number of rotatable bonds is 5. The van der Waals surface area contributed by atoms with Crippen molar-refractivity contribution in [2.75, 3.05) is 11.4 Å². The molecule has 0 aliphatic heterocycles. The Morgan fingerprint density at radius 3 is 2.50 bits per heavy atom.